The Bertz CT molecular complexity index is 508. The molecule has 14 heavy (non-hydrogen) atoms. The summed E-state index contributed by atoms with van der Waals surface area (Å²) in [5.41, 5.74) is 5.75. The molecule has 0 unspecified atom stereocenters. The molecule has 2 rings (SSSR count). The fraction of sp³-hybridized carbons (Fsp3) is 0. The molecule has 0 atom stereocenters. The maximum atomic E-state index is 11.1. The Labute approximate surface area is 89.8 Å². The number of primary amides is 1. The van der Waals surface area contributed by atoms with Crippen LogP contribution in [-0.2, 0) is 0 Å². The molecule has 0 aliphatic heterocycles. The first-order valence-corrected chi connectivity index (χ1v) is 4.96. The van der Waals surface area contributed by atoms with Gasteiger partial charge >= 0.3 is 0 Å². The number of nitrogens with two attached hydrogens (primary N) is 1. The van der Waals surface area contributed by atoms with E-state index in [1.54, 1.807) is 6.07 Å². The van der Waals surface area contributed by atoms with Gasteiger partial charge in [0.2, 0.25) is 5.91 Å². The molecule has 70 valence electrons. The van der Waals surface area contributed by atoms with E-state index in [1.165, 1.54) is 0 Å². The third-order valence-corrected chi connectivity index (χ3v) is 2.98. The molecule has 0 aliphatic rings. The van der Waals surface area contributed by atoms with Crippen LogP contribution in [0.4, 0.5) is 0 Å². The van der Waals surface area contributed by atoms with E-state index in [2.05, 4.69) is 15.9 Å². The molecule has 0 saturated heterocycles. The quantitative estimate of drug-likeness (QED) is 0.830. The minimum Gasteiger partial charge on any atom is -0.366 e. The summed E-state index contributed by atoms with van der Waals surface area (Å²) in [5.74, 6) is -0.414. The first-order chi connectivity index (χ1) is 6.70. The van der Waals surface area contributed by atoms with Gasteiger partial charge in [-0.3, -0.25) is 4.79 Å². The second-order valence-electron chi connectivity index (χ2n) is 3.01. The first-order valence-electron chi connectivity index (χ1n) is 4.17. The number of halogens is 1. The van der Waals surface area contributed by atoms with Crippen molar-refractivity contribution in [3.63, 3.8) is 0 Å². The van der Waals surface area contributed by atoms with Crippen molar-refractivity contribution in [1.82, 2.24) is 0 Å². The van der Waals surface area contributed by atoms with Gasteiger partial charge < -0.3 is 5.73 Å². The normalized spacial score (nSPS) is 10.4. The van der Waals surface area contributed by atoms with Crippen molar-refractivity contribution in [3.05, 3.63) is 46.4 Å². The predicted molar refractivity (Wildman–Crippen MR) is 60.2 cm³/mol. The van der Waals surface area contributed by atoms with Gasteiger partial charge in [-0.15, -0.1) is 0 Å². The fourth-order valence-corrected chi connectivity index (χ4v) is 2.11. The lowest BCUT2D eigenvalue weighted by Gasteiger charge is -2.04. The topological polar surface area (TPSA) is 43.1 Å². The molecule has 0 heterocycles. The molecule has 0 radical (unpaired) electrons. The van der Waals surface area contributed by atoms with Gasteiger partial charge in [-0.05, 0) is 32.8 Å². The highest BCUT2D eigenvalue weighted by Gasteiger charge is 2.08. The van der Waals surface area contributed by atoms with E-state index < -0.39 is 5.91 Å². The molecule has 2 aromatic carbocycles. The molecule has 0 spiro atoms. The maximum Gasteiger partial charge on any atom is 0.249 e. The number of fused-ring (bicyclic) bond motifs is 1. The van der Waals surface area contributed by atoms with Gasteiger partial charge in [-0.2, -0.15) is 0 Å². The van der Waals surface area contributed by atoms with Crippen molar-refractivity contribution in [3.8, 4) is 0 Å². The minimum atomic E-state index is -0.414. The number of hydrogen-bond acceptors (Lipinski definition) is 1. The molecule has 0 aromatic heterocycles. The zero-order valence-corrected chi connectivity index (χ0v) is 8.91. The van der Waals surface area contributed by atoms with Crippen molar-refractivity contribution in [2.24, 2.45) is 5.73 Å². The molecule has 2 aromatic rings. The second kappa shape index (κ2) is 3.42. The summed E-state index contributed by atoms with van der Waals surface area (Å²) in [6.45, 7) is 0. The van der Waals surface area contributed by atoms with E-state index >= 15 is 0 Å². The van der Waals surface area contributed by atoms with E-state index in [4.69, 9.17) is 5.73 Å². The Morgan fingerprint density at radius 1 is 1.14 bits per heavy atom. The summed E-state index contributed by atoms with van der Waals surface area (Å²) >= 11 is 3.38. The largest absolute Gasteiger partial charge is 0.366 e. The van der Waals surface area contributed by atoms with E-state index in [1.807, 2.05) is 30.3 Å². The Hall–Kier alpha value is -1.35. The minimum absolute atomic E-state index is 0.414. The average molecular weight is 250 g/mol. The third-order valence-electron chi connectivity index (χ3n) is 2.13. The smallest absolute Gasteiger partial charge is 0.249 e. The molecular weight excluding hydrogens is 242 g/mol. The summed E-state index contributed by atoms with van der Waals surface area (Å²) in [6, 6.07) is 11.4. The molecule has 2 N–H and O–H groups in total. The summed E-state index contributed by atoms with van der Waals surface area (Å²) in [6.07, 6.45) is 0. The Morgan fingerprint density at radius 2 is 1.86 bits per heavy atom. The SMILES string of the molecule is NC(=O)c1ccc2ccccc2c1Br. The lowest BCUT2D eigenvalue weighted by atomic mass is 10.1. The van der Waals surface area contributed by atoms with Crippen molar-refractivity contribution in [1.29, 1.82) is 0 Å². The molecule has 0 fully saturated rings. The summed E-state index contributed by atoms with van der Waals surface area (Å²) in [7, 11) is 0. The zero-order valence-electron chi connectivity index (χ0n) is 7.33. The number of benzene rings is 2. The van der Waals surface area contributed by atoms with Gasteiger partial charge in [-0.1, -0.05) is 30.3 Å². The molecule has 2 nitrogen and oxygen atoms in total. The van der Waals surface area contributed by atoms with Crippen LogP contribution < -0.4 is 5.73 Å². The maximum absolute atomic E-state index is 11.1. The van der Waals surface area contributed by atoms with Crippen molar-refractivity contribution in [2.75, 3.05) is 0 Å². The van der Waals surface area contributed by atoms with Crippen molar-refractivity contribution >= 4 is 32.6 Å². The Morgan fingerprint density at radius 3 is 2.57 bits per heavy atom. The standard InChI is InChI=1S/C11H8BrNO/c12-10-8-4-2-1-3-7(8)5-6-9(10)11(13)14/h1-6H,(H2,13,14). The van der Waals surface area contributed by atoms with Crippen LogP contribution >= 0.6 is 15.9 Å². The fourth-order valence-electron chi connectivity index (χ4n) is 1.42. The Kier molecular flexibility index (Phi) is 2.25. The average Bonchev–Trinajstić information content (AvgIpc) is 2.18. The van der Waals surface area contributed by atoms with Crippen LogP contribution in [0.3, 0.4) is 0 Å². The van der Waals surface area contributed by atoms with E-state index in [0.29, 0.717) is 5.56 Å². The van der Waals surface area contributed by atoms with Crippen LogP contribution in [0.2, 0.25) is 0 Å². The van der Waals surface area contributed by atoms with E-state index in [0.717, 1.165) is 15.2 Å². The highest BCUT2D eigenvalue weighted by molar-refractivity contribution is 9.10. The molecule has 0 bridgehead atoms. The van der Waals surface area contributed by atoms with E-state index in [9.17, 15) is 4.79 Å². The molecule has 1 amide bonds. The number of carbonyl (C=O) groups excluding carboxylic acids is 1. The number of carbonyl (C=O) groups is 1. The summed E-state index contributed by atoms with van der Waals surface area (Å²) < 4.78 is 0.767. The lowest BCUT2D eigenvalue weighted by Crippen LogP contribution is -2.11. The first kappa shape index (κ1) is 9.21. The third kappa shape index (κ3) is 1.40. The number of rotatable bonds is 1. The number of hydrogen-bond donors (Lipinski definition) is 1. The number of amides is 1. The van der Waals surface area contributed by atoms with Crippen LogP contribution in [0.1, 0.15) is 10.4 Å². The highest BCUT2D eigenvalue weighted by atomic mass is 79.9. The van der Waals surface area contributed by atoms with Gasteiger partial charge in [0.15, 0.2) is 0 Å². The summed E-state index contributed by atoms with van der Waals surface area (Å²) in [4.78, 5) is 11.1. The van der Waals surface area contributed by atoms with E-state index in [-0.39, 0.29) is 0 Å². The van der Waals surface area contributed by atoms with Crippen molar-refractivity contribution < 1.29 is 4.79 Å². The van der Waals surface area contributed by atoms with Gasteiger partial charge in [0.1, 0.15) is 0 Å². The zero-order chi connectivity index (χ0) is 10.1. The highest BCUT2D eigenvalue weighted by Crippen LogP contribution is 2.27. The van der Waals surface area contributed by atoms with Gasteiger partial charge in [-0.25, -0.2) is 0 Å². The van der Waals surface area contributed by atoms with Gasteiger partial charge in [0.05, 0.1) is 5.56 Å². The predicted octanol–water partition coefficient (Wildman–Crippen LogP) is 2.70. The molecule has 3 heteroatoms. The van der Waals surface area contributed by atoms with Crippen LogP contribution in [0.15, 0.2) is 40.9 Å². The Balaban J connectivity index is 2.81. The van der Waals surface area contributed by atoms with Crippen LogP contribution in [0.5, 0.6) is 0 Å². The molecular formula is C11H8BrNO. The van der Waals surface area contributed by atoms with Crippen LogP contribution in [0, 0.1) is 0 Å². The monoisotopic (exact) mass is 249 g/mol. The molecule has 0 saturated carbocycles. The van der Waals surface area contributed by atoms with Crippen LogP contribution in [0.25, 0.3) is 10.8 Å². The van der Waals surface area contributed by atoms with Gasteiger partial charge in [0, 0.05) is 4.47 Å². The summed E-state index contributed by atoms with van der Waals surface area (Å²) in [5, 5.41) is 2.09. The van der Waals surface area contributed by atoms with Crippen molar-refractivity contribution in [2.45, 2.75) is 0 Å². The van der Waals surface area contributed by atoms with Gasteiger partial charge in [0.25, 0.3) is 0 Å². The molecule has 0 aliphatic carbocycles. The van der Waals surface area contributed by atoms with Crippen LogP contribution in [-0.4, -0.2) is 5.91 Å². The second-order valence-corrected chi connectivity index (χ2v) is 3.81. The lowest BCUT2D eigenvalue weighted by molar-refractivity contribution is 0.0999.